The maximum absolute atomic E-state index is 13.1. The highest BCUT2D eigenvalue weighted by molar-refractivity contribution is 7.89. The lowest BCUT2D eigenvalue weighted by Gasteiger charge is -2.32. The predicted molar refractivity (Wildman–Crippen MR) is 104 cm³/mol. The number of likely N-dealkylation sites (N-methyl/N-ethyl adjacent to an activating group) is 1. The fourth-order valence-electron chi connectivity index (χ4n) is 3.00. The fourth-order valence-corrected chi connectivity index (χ4v) is 4.64. The fraction of sp³-hybridized carbons (Fsp3) is 0.368. The van der Waals surface area contributed by atoms with Gasteiger partial charge in [-0.1, -0.05) is 24.3 Å². The van der Waals surface area contributed by atoms with E-state index >= 15 is 0 Å². The largest absolute Gasteiger partial charge is 0.366 e. The summed E-state index contributed by atoms with van der Waals surface area (Å²) in [6.45, 7) is 4.57. The van der Waals surface area contributed by atoms with E-state index in [4.69, 9.17) is 5.26 Å². The van der Waals surface area contributed by atoms with Crippen LogP contribution in [0.5, 0.6) is 0 Å². The summed E-state index contributed by atoms with van der Waals surface area (Å²) in [5, 5.41) is 12.2. The quantitative estimate of drug-likeness (QED) is 0.844. The summed E-state index contributed by atoms with van der Waals surface area (Å²) in [6, 6.07) is 12.7. The highest BCUT2D eigenvalue weighted by Gasteiger charge is 2.29. The van der Waals surface area contributed by atoms with Gasteiger partial charge in [-0.15, -0.1) is 0 Å². The van der Waals surface area contributed by atoms with Crippen LogP contribution in [0.3, 0.4) is 0 Å². The molecule has 0 aliphatic carbocycles. The van der Waals surface area contributed by atoms with Gasteiger partial charge in [0.25, 0.3) is 0 Å². The summed E-state index contributed by atoms with van der Waals surface area (Å²) in [6.07, 6.45) is 0. The van der Waals surface area contributed by atoms with E-state index in [-0.39, 0.29) is 0 Å². The zero-order chi connectivity index (χ0) is 19.4. The zero-order valence-electron chi connectivity index (χ0n) is 15.5. The average molecular weight is 385 g/mol. The number of anilines is 1. The van der Waals surface area contributed by atoms with Gasteiger partial charge < -0.3 is 10.2 Å². The van der Waals surface area contributed by atoms with Gasteiger partial charge in [0.2, 0.25) is 10.0 Å². The lowest BCUT2D eigenvalue weighted by molar-refractivity contribution is 0.222. The Balaban J connectivity index is 1.81. The Hall–Kier alpha value is -2.47. The number of nitriles is 1. The summed E-state index contributed by atoms with van der Waals surface area (Å²) in [4.78, 5) is 6.69. The molecule has 2 heterocycles. The van der Waals surface area contributed by atoms with Gasteiger partial charge in [-0.2, -0.15) is 9.57 Å². The predicted octanol–water partition coefficient (Wildman–Crippen LogP) is 1.81. The number of hydrogen-bond donors (Lipinski definition) is 1. The Bertz CT molecular complexity index is 960. The van der Waals surface area contributed by atoms with E-state index in [9.17, 15) is 8.42 Å². The minimum absolute atomic E-state index is 0.310. The maximum Gasteiger partial charge on any atom is 0.243 e. The molecule has 1 fully saturated rings. The van der Waals surface area contributed by atoms with Gasteiger partial charge in [-0.25, -0.2) is 13.4 Å². The van der Waals surface area contributed by atoms with Crippen LogP contribution in [0.4, 0.5) is 5.82 Å². The smallest absolute Gasteiger partial charge is 0.243 e. The molecule has 7 nitrogen and oxygen atoms in total. The number of aryl methyl sites for hydroxylation is 1. The van der Waals surface area contributed by atoms with Gasteiger partial charge >= 0.3 is 0 Å². The first-order valence-electron chi connectivity index (χ1n) is 8.80. The van der Waals surface area contributed by atoms with Crippen molar-refractivity contribution in [1.29, 1.82) is 5.26 Å². The number of hydrogen-bond acceptors (Lipinski definition) is 6. The maximum atomic E-state index is 13.1. The molecule has 0 saturated carbocycles. The van der Waals surface area contributed by atoms with E-state index in [0.717, 1.165) is 18.7 Å². The number of sulfonamides is 1. The molecule has 3 rings (SSSR count). The van der Waals surface area contributed by atoms with Gasteiger partial charge in [-0.05, 0) is 37.2 Å². The molecule has 1 aromatic heterocycles. The normalized spacial score (nSPS) is 16.0. The molecule has 2 aromatic rings. The highest BCUT2D eigenvalue weighted by atomic mass is 32.2. The topological polar surface area (TPSA) is 89.3 Å². The van der Waals surface area contributed by atoms with Crippen LogP contribution in [-0.2, 0) is 16.6 Å². The van der Waals surface area contributed by atoms with Crippen LogP contribution < -0.4 is 5.32 Å². The Morgan fingerprint density at radius 2 is 1.85 bits per heavy atom. The van der Waals surface area contributed by atoms with Crippen molar-refractivity contribution in [2.45, 2.75) is 18.4 Å². The third-order valence-corrected chi connectivity index (χ3v) is 6.71. The van der Waals surface area contributed by atoms with Crippen LogP contribution in [0, 0.1) is 18.3 Å². The molecule has 27 heavy (non-hydrogen) atoms. The Labute approximate surface area is 160 Å². The van der Waals surface area contributed by atoms with Crippen molar-refractivity contribution in [2.24, 2.45) is 0 Å². The summed E-state index contributed by atoms with van der Waals surface area (Å²) in [5.41, 5.74) is 1.84. The first-order chi connectivity index (χ1) is 12.9. The van der Waals surface area contributed by atoms with Crippen molar-refractivity contribution in [3.8, 4) is 6.07 Å². The molecule has 8 heteroatoms. The molecule has 1 aliphatic rings. The number of rotatable bonds is 5. The number of piperazine rings is 1. The molecule has 1 saturated heterocycles. The number of benzene rings is 1. The van der Waals surface area contributed by atoms with Crippen LogP contribution in [-0.4, -0.2) is 55.8 Å². The molecule has 0 unspecified atom stereocenters. The lowest BCUT2D eigenvalue weighted by Crippen LogP contribution is -2.47. The minimum Gasteiger partial charge on any atom is -0.366 e. The number of nitrogens with one attached hydrogen (secondary N) is 1. The van der Waals surface area contributed by atoms with Crippen molar-refractivity contribution >= 4 is 15.8 Å². The summed E-state index contributed by atoms with van der Waals surface area (Å²) < 4.78 is 27.7. The summed E-state index contributed by atoms with van der Waals surface area (Å²) >= 11 is 0. The Kier molecular flexibility index (Phi) is 5.75. The average Bonchev–Trinajstić information content (AvgIpc) is 2.68. The third-order valence-electron chi connectivity index (χ3n) is 4.72. The van der Waals surface area contributed by atoms with Crippen LogP contribution in [0.15, 0.2) is 41.3 Å². The molecule has 0 amide bonds. The molecule has 0 bridgehead atoms. The van der Waals surface area contributed by atoms with E-state index in [1.165, 1.54) is 0 Å². The Morgan fingerprint density at radius 1 is 1.15 bits per heavy atom. The lowest BCUT2D eigenvalue weighted by atomic mass is 10.2. The van der Waals surface area contributed by atoms with Crippen LogP contribution in [0.1, 0.15) is 16.8 Å². The summed E-state index contributed by atoms with van der Waals surface area (Å²) in [7, 11) is -1.55. The first-order valence-corrected chi connectivity index (χ1v) is 10.2. The molecule has 1 N–H and O–H groups in total. The molecule has 1 aromatic carbocycles. The number of nitrogens with zero attached hydrogens (tertiary/aromatic N) is 4. The van der Waals surface area contributed by atoms with Gasteiger partial charge in [0.1, 0.15) is 17.6 Å². The highest BCUT2D eigenvalue weighted by Crippen LogP contribution is 2.22. The second kappa shape index (κ2) is 8.05. The molecule has 0 spiro atoms. The first kappa shape index (κ1) is 19.3. The standard InChI is InChI=1S/C19H23N5O2S/c1-15-7-8-19(22-17(15)13-20)21-14-16-5-3-4-6-18(16)27(25,26)24-11-9-23(2)10-12-24/h3-8H,9-12,14H2,1-2H3,(H,21,22). The van der Waals surface area contributed by atoms with E-state index in [1.807, 2.05) is 26.1 Å². The van der Waals surface area contributed by atoms with E-state index in [1.54, 1.807) is 28.6 Å². The molecule has 0 atom stereocenters. The Morgan fingerprint density at radius 3 is 2.56 bits per heavy atom. The van der Waals surface area contributed by atoms with E-state index < -0.39 is 10.0 Å². The SMILES string of the molecule is Cc1ccc(NCc2ccccc2S(=O)(=O)N2CCN(C)CC2)nc1C#N. The molecular weight excluding hydrogens is 362 g/mol. The van der Waals surface area contributed by atoms with Crippen molar-refractivity contribution in [3.05, 3.63) is 53.2 Å². The van der Waals surface area contributed by atoms with Crippen molar-refractivity contribution in [1.82, 2.24) is 14.2 Å². The van der Waals surface area contributed by atoms with Crippen molar-refractivity contribution in [2.75, 3.05) is 38.5 Å². The van der Waals surface area contributed by atoms with Crippen molar-refractivity contribution in [3.63, 3.8) is 0 Å². The van der Waals surface area contributed by atoms with Gasteiger partial charge in [0.15, 0.2) is 0 Å². The second-order valence-corrected chi connectivity index (χ2v) is 8.55. The molecule has 142 valence electrons. The van der Waals surface area contributed by atoms with Crippen LogP contribution >= 0.6 is 0 Å². The zero-order valence-corrected chi connectivity index (χ0v) is 16.3. The van der Waals surface area contributed by atoms with Crippen molar-refractivity contribution < 1.29 is 8.42 Å². The number of pyridine rings is 1. The second-order valence-electron chi connectivity index (χ2n) is 6.64. The van der Waals surface area contributed by atoms with Gasteiger partial charge in [-0.3, -0.25) is 0 Å². The van der Waals surface area contributed by atoms with Gasteiger partial charge in [0, 0.05) is 32.7 Å². The van der Waals surface area contributed by atoms with E-state index in [2.05, 4.69) is 21.3 Å². The molecule has 1 aliphatic heterocycles. The van der Waals surface area contributed by atoms with Gasteiger partial charge in [0.05, 0.1) is 4.90 Å². The number of aromatic nitrogens is 1. The van der Waals surface area contributed by atoms with Crippen LogP contribution in [0.25, 0.3) is 0 Å². The molecular formula is C19H23N5O2S. The minimum atomic E-state index is -3.55. The monoisotopic (exact) mass is 385 g/mol. The summed E-state index contributed by atoms with van der Waals surface area (Å²) in [5.74, 6) is 0.545. The third kappa shape index (κ3) is 4.27. The van der Waals surface area contributed by atoms with Crippen LogP contribution in [0.2, 0.25) is 0 Å². The molecule has 0 radical (unpaired) electrons. The van der Waals surface area contributed by atoms with E-state index in [0.29, 0.717) is 41.6 Å².